The lowest BCUT2D eigenvalue weighted by Crippen LogP contribution is -2.28. The Hall–Kier alpha value is -7.52. The molecule has 11 aromatic rings. The molecule has 286 valence electrons. The van der Waals surface area contributed by atoms with Crippen molar-refractivity contribution in [1.82, 2.24) is 0 Å². The van der Waals surface area contributed by atoms with Crippen LogP contribution >= 0.6 is 11.3 Å². The number of hydrogen-bond donors (Lipinski definition) is 0. The lowest BCUT2D eigenvalue weighted by atomic mass is 9.67. The maximum absolute atomic E-state index is 2.50. The number of nitrogens with zero attached hydrogens (tertiary/aromatic N) is 1. The smallest absolute Gasteiger partial charge is 0.0714 e. The summed E-state index contributed by atoms with van der Waals surface area (Å²) in [4.78, 5) is 2.50. The molecular formula is C59H39NS. The Labute approximate surface area is 360 Å². The third-order valence-corrected chi connectivity index (χ3v) is 13.9. The first-order valence-electron chi connectivity index (χ1n) is 21.0. The number of benzene rings is 10. The molecule has 1 aliphatic carbocycles. The number of hydrogen-bond acceptors (Lipinski definition) is 2. The van der Waals surface area contributed by atoms with Crippen molar-refractivity contribution in [3.63, 3.8) is 0 Å². The van der Waals surface area contributed by atoms with Crippen LogP contribution in [0, 0.1) is 0 Å². The molecule has 0 radical (unpaired) electrons. The van der Waals surface area contributed by atoms with Crippen molar-refractivity contribution in [2.75, 3.05) is 4.90 Å². The minimum absolute atomic E-state index is 0.510. The van der Waals surface area contributed by atoms with Crippen molar-refractivity contribution in [2.24, 2.45) is 0 Å². The molecule has 0 saturated carbocycles. The van der Waals surface area contributed by atoms with Gasteiger partial charge in [0.2, 0.25) is 0 Å². The normalized spacial score (nSPS) is 12.7. The van der Waals surface area contributed by atoms with E-state index in [0.29, 0.717) is 0 Å². The molecule has 0 aliphatic heterocycles. The Morgan fingerprint density at radius 3 is 1.75 bits per heavy atom. The molecule has 1 heterocycles. The van der Waals surface area contributed by atoms with Crippen LogP contribution in [0.2, 0.25) is 0 Å². The third kappa shape index (κ3) is 5.60. The van der Waals surface area contributed by atoms with Crippen molar-refractivity contribution < 1.29 is 0 Å². The van der Waals surface area contributed by atoms with E-state index >= 15 is 0 Å². The highest BCUT2D eigenvalue weighted by Crippen LogP contribution is 2.57. The van der Waals surface area contributed by atoms with Gasteiger partial charge in [-0.25, -0.2) is 0 Å². The molecule has 1 nitrogen and oxygen atoms in total. The molecule has 12 rings (SSSR count). The predicted molar refractivity (Wildman–Crippen MR) is 260 cm³/mol. The first-order valence-corrected chi connectivity index (χ1v) is 21.8. The fraction of sp³-hybridized carbons (Fsp3) is 0.0169. The van der Waals surface area contributed by atoms with E-state index in [9.17, 15) is 0 Å². The van der Waals surface area contributed by atoms with Crippen molar-refractivity contribution in [1.29, 1.82) is 0 Å². The van der Waals surface area contributed by atoms with Crippen LogP contribution in [-0.4, -0.2) is 0 Å². The summed E-state index contributed by atoms with van der Waals surface area (Å²) in [6.07, 6.45) is 0. The summed E-state index contributed by atoms with van der Waals surface area (Å²) in [5.41, 5.74) is 15.4. The summed E-state index contributed by atoms with van der Waals surface area (Å²) in [7, 11) is 0. The van der Waals surface area contributed by atoms with E-state index in [2.05, 4.69) is 241 Å². The zero-order chi connectivity index (χ0) is 40.3. The van der Waals surface area contributed by atoms with Gasteiger partial charge in [0.05, 0.1) is 15.8 Å². The Bertz CT molecular complexity index is 3390. The van der Waals surface area contributed by atoms with Crippen LogP contribution < -0.4 is 4.90 Å². The van der Waals surface area contributed by atoms with Crippen LogP contribution in [0.25, 0.3) is 64.3 Å². The van der Waals surface area contributed by atoms with Crippen LogP contribution in [-0.2, 0) is 5.41 Å². The van der Waals surface area contributed by atoms with Gasteiger partial charge in [-0.1, -0.05) is 194 Å². The molecule has 0 saturated heterocycles. The summed E-state index contributed by atoms with van der Waals surface area (Å²) >= 11 is 1.87. The lowest BCUT2D eigenvalue weighted by Gasteiger charge is -2.35. The number of rotatable bonds is 7. The van der Waals surface area contributed by atoms with Crippen molar-refractivity contribution in [2.45, 2.75) is 5.41 Å². The molecule has 0 unspecified atom stereocenters. The Kier molecular flexibility index (Phi) is 8.33. The molecule has 0 bridgehead atoms. The van der Waals surface area contributed by atoms with E-state index in [1.807, 2.05) is 11.3 Å². The average molecular weight is 794 g/mol. The van der Waals surface area contributed by atoms with Crippen molar-refractivity contribution in [3.05, 3.63) is 259 Å². The van der Waals surface area contributed by atoms with Crippen LogP contribution in [0.15, 0.2) is 237 Å². The fourth-order valence-corrected chi connectivity index (χ4v) is 11.3. The van der Waals surface area contributed by atoms with Crippen LogP contribution in [0.4, 0.5) is 17.1 Å². The third-order valence-electron chi connectivity index (χ3n) is 12.7. The van der Waals surface area contributed by atoms with E-state index in [4.69, 9.17) is 0 Å². The predicted octanol–water partition coefficient (Wildman–Crippen LogP) is 16.4. The maximum atomic E-state index is 2.50. The SMILES string of the molecule is c1ccc(C2(c3ccccc3)c3ccccc3-c3ccc(N(c4cccc(-c5cccc(-c6cccc7ccccc67)c5)c4)c4cccc5c4sc4ccccc45)cc32)cc1. The van der Waals surface area contributed by atoms with E-state index in [-0.39, 0.29) is 0 Å². The number of fused-ring (bicyclic) bond motifs is 7. The van der Waals surface area contributed by atoms with Crippen molar-refractivity contribution in [3.8, 4) is 33.4 Å². The Morgan fingerprint density at radius 1 is 0.344 bits per heavy atom. The minimum atomic E-state index is -0.510. The maximum Gasteiger partial charge on any atom is 0.0714 e. The zero-order valence-corrected chi connectivity index (χ0v) is 34.2. The van der Waals surface area contributed by atoms with Gasteiger partial charge in [-0.15, -0.1) is 11.3 Å². The van der Waals surface area contributed by atoms with Gasteiger partial charge in [0.25, 0.3) is 0 Å². The standard InChI is InChI=1S/C59H39NS/c1-3-22-44(23-4-1)59(45-24-5-2-6-25-45)54-32-11-9-28-50(54)51-36-35-47(39-55(51)59)60(56-33-16-31-53-52-29-10-12-34-57(52)61-58(53)56)46-26-14-20-42(38-46)41-19-13-21-43(37-41)49-30-15-18-40-17-7-8-27-48(40)49/h1-39H. The summed E-state index contributed by atoms with van der Waals surface area (Å²) in [6.45, 7) is 0. The molecular weight excluding hydrogens is 755 g/mol. The number of anilines is 3. The summed E-state index contributed by atoms with van der Waals surface area (Å²) in [5.74, 6) is 0. The molecule has 1 aromatic heterocycles. The van der Waals surface area contributed by atoms with Crippen LogP contribution in [0.1, 0.15) is 22.3 Å². The van der Waals surface area contributed by atoms with E-state index in [1.54, 1.807) is 0 Å². The minimum Gasteiger partial charge on any atom is -0.309 e. The highest BCUT2D eigenvalue weighted by atomic mass is 32.1. The van der Waals surface area contributed by atoms with Gasteiger partial charge in [-0.05, 0) is 109 Å². The van der Waals surface area contributed by atoms with Gasteiger partial charge in [-0.2, -0.15) is 0 Å². The van der Waals surface area contributed by atoms with Crippen LogP contribution in [0.5, 0.6) is 0 Å². The first-order chi connectivity index (χ1) is 30.3. The highest BCUT2D eigenvalue weighted by Gasteiger charge is 2.46. The summed E-state index contributed by atoms with van der Waals surface area (Å²) < 4.78 is 2.56. The average Bonchev–Trinajstić information content (AvgIpc) is 3.86. The van der Waals surface area contributed by atoms with E-state index < -0.39 is 5.41 Å². The molecule has 0 spiro atoms. The summed E-state index contributed by atoms with van der Waals surface area (Å²) in [5, 5.41) is 5.08. The van der Waals surface area contributed by atoms with E-state index in [0.717, 1.165) is 11.4 Å². The molecule has 0 N–H and O–H groups in total. The molecule has 1 aliphatic rings. The largest absolute Gasteiger partial charge is 0.309 e. The first kappa shape index (κ1) is 35.4. The van der Waals surface area contributed by atoms with Crippen molar-refractivity contribution >= 4 is 59.3 Å². The second-order valence-electron chi connectivity index (χ2n) is 16.0. The lowest BCUT2D eigenvalue weighted by molar-refractivity contribution is 0.768. The summed E-state index contributed by atoms with van der Waals surface area (Å²) in [6, 6.07) is 87.4. The van der Waals surface area contributed by atoms with Gasteiger partial charge in [0.15, 0.2) is 0 Å². The Balaban J connectivity index is 1.09. The fourth-order valence-electron chi connectivity index (χ4n) is 10.1. The van der Waals surface area contributed by atoms with Gasteiger partial charge in [0, 0.05) is 26.8 Å². The molecule has 61 heavy (non-hydrogen) atoms. The van der Waals surface area contributed by atoms with Gasteiger partial charge >= 0.3 is 0 Å². The highest BCUT2D eigenvalue weighted by molar-refractivity contribution is 7.26. The quantitative estimate of drug-likeness (QED) is 0.155. The molecule has 0 atom stereocenters. The van der Waals surface area contributed by atoms with E-state index in [1.165, 1.54) is 92.3 Å². The second kappa shape index (κ2) is 14.3. The number of thiophene rings is 1. The van der Waals surface area contributed by atoms with Crippen LogP contribution in [0.3, 0.4) is 0 Å². The molecule has 10 aromatic carbocycles. The molecule has 0 fully saturated rings. The topological polar surface area (TPSA) is 3.24 Å². The zero-order valence-electron chi connectivity index (χ0n) is 33.4. The van der Waals surface area contributed by atoms with Gasteiger partial charge in [-0.3, -0.25) is 0 Å². The van der Waals surface area contributed by atoms with Gasteiger partial charge in [0.1, 0.15) is 0 Å². The Morgan fingerprint density at radius 2 is 0.918 bits per heavy atom. The second-order valence-corrected chi connectivity index (χ2v) is 17.1. The monoisotopic (exact) mass is 793 g/mol. The molecule has 2 heteroatoms. The van der Waals surface area contributed by atoms with Gasteiger partial charge < -0.3 is 4.90 Å². The molecule has 0 amide bonds.